The number of anilines is 1. The molecule has 0 radical (unpaired) electrons. The summed E-state index contributed by atoms with van der Waals surface area (Å²) in [5.74, 6) is -1.82. The van der Waals surface area contributed by atoms with E-state index in [1.807, 2.05) is 0 Å². The predicted octanol–water partition coefficient (Wildman–Crippen LogP) is 1.98. The van der Waals surface area contributed by atoms with Crippen LogP contribution in [0.5, 0.6) is 5.75 Å². The maximum atomic E-state index is 11.7. The van der Waals surface area contributed by atoms with E-state index in [9.17, 15) is 9.59 Å². The van der Waals surface area contributed by atoms with Crippen LogP contribution in [-0.2, 0) is 19.1 Å². The molecule has 0 bridgehead atoms. The standard InChI is InChI=1S/C13H13BrN2O5/c1-13(2)20-11(17)7(12(18)21-13)5-15-10-4-9(19-3)8(14)6-16-10/h4-6H,1-3H3,(H,15,16). The molecule has 0 aromatic carbocycles. The van der Waals surface area contributed by atoms with Gasteiger partial charge in [-0.05, 0) is 15.9 Å². The largest absolute Gasteiger partial charge is 0.495 e. The minimum atomic E-state index is -1.26. The zero-order chi connectivity index (χ0) is 15.6. The van der Waals surface area contributed by atoms with E-state index in [1.54, 1.807) is 6.07 Å². The minimum Gasteiger partial charge on any atom is -0.495 e. The second-order valence-electron chi connectivity index (χ2n) is 4.59. The van der Waals surface area contributed by atoms with E-state index in [0.29, 0.717) is 16.0 Å². The van der Waals surface area contributed by atoms with Gasteiger partial charge in [0.1, 0.15) is 11.6 Å². The Labute approximate surface area is 129 Å². The Bertz CT molecular complexity index is 605. The molecule has 1 aliphatic heterocycles. The number of nitrogens with zero attached hydrogens (tertiary/aromatic N) is 1. The summed E-state index contributed by atoms with van der Waals surface area (Å²) in [7, 11) is 1.51. The molecule has 0 unspecified atom stereocenters. The molecule has 2 rings (SSSR count). The SMILES string of the molecule is COc1cc(NC=C2C(=O)OC(C)(C)OC2=O)ncc1Br. The van der Waals surface area contributed by atoms with E-state index < -0.39 is 17.7 Å². The van der Waals surface area contributed by atoms with Crippen molar-refractivity contribution in [1.82, 2.24) is 4.98 Å². The van der Waals surface area contributed by atoms with Crippen LogP contribution in [0.25, 0.3) is 0 Å². The van der Waals surface area contributed by atoms with Crippen LogP contribution in [0.3, 0.4) is 0 Å². The number of hydrogen-bond donors (Lipinski definition) is 1. The summed E-state index contributed by atoms with van der Waals surface area (Å²) in [5, 5.41) is 2.73. The highest BCUT2D eigenvalue weighted by Gasteiger charge is 2.38. The van der Waals surface area contributed by atoms with Crippen molar-refractivity contribution in [2.45, 2.75) is 19.6 Å². The highest BCUT2D eigenvalue weighted by Crippen LogP contribution is 2.26. The maximum absolute atomic E-state index is 11.7. The Kier molecular flexibility index (Phi) is 4.17. The summed E-state index contributed by atoms with van der Waals surface area (Å²) in [4.78, 5) is 27.5. The van der Waals surface area contributed by atoms with Crippen molar-refractivity contribution in [1.29, 1.82) is 0 Å². The number of ether oxygens (including phenoxy) is 3. The lowest BCUT2D eigenvalue weighted by Crippen LogP contribution is -2.42. The molecule has 1 N–H and O–H groups in total. The van der Waals surface area contributed by atoms with Crippen molar-refractivity contribution in [3.05, 3.63) is 28.5 Å². The van der Waals surface area contributed by atoms with Crippen LogP contribution in [0.15, 0.2) is 28.5 Å². The first kappa shape index (κ1) is 15.3. The van der Waals surface area contributed by atoms with Gasteiger partial charge in [-0.25, -0.2) is 14.6 Å². The normalized spacial score (nSPS) is 16.9. The van der Waals surface area contributed by atoms with Gasteiger partial charge in [0.15, 0.2) is 5.57 Å². The molecule has 112 valence electrons. The fourth-order valence-electron chi connectivity index (χ4n) is 1.58. The number of rotatable bonds is 3. The lowest BCUT2D eigenvalue weighted by atomic mass is 10.2. The van der Waals surface area contributed by atoms with Gasteiger partial charge in [0.25, 0.3) is 5.79 Å². The first-order chi connectivity index (χ1) is 9.82. The molecular formula is C13H13BrN2O5. The first-order valence-electron chi connectivity index (χ1n) is 5.95. The summed E-state index contributed by atoms with van der Waals surface area (Å²) in [6.07, 6.45) is 2.72. The lowest BCUT2D eigenvalue weighted by Gasteiger charge is -2.29. The minimum absolute atomic E-state index is 0.238. The van der Waals surface area contributed by atoms with Crippen molar-refractivity contribution in [2.24, 2.45) is 0 Å². The second kappa shape index (κ2) is 5.72. The molecule has 7 nitrogen and oxygen atoms in total. The molecule has 1 saturated heterocycles. The van der Waals surface area contributed by atoms with Crippen molar-refractivity contribution < 1.29 is 23.8 Å². The fraction of sp³-hybridized carbons (Fsp3) is 0.308. The monoisotopic (exact) mass is 356 g/mol. The Morgan fingerprint density at radius 1 is 1.33 bits per heavy atom. The number of carbonyl (C=O) groups is 2. The van der Waals surface area contributed by atoms with Gasteiger partial charge in [-0.2, -0.15) is 0 Å². The summed E-state index contributed by atoms with van der Waals surface area (Å²) >= 11 is 3.27. The van der Waals surface area contributed by atoms with Crippen molar-refractivity contribution >= 4 is 33.7 Å². The Hall–Kier alpha value is -2.09. The van der Waals surface area contributed by atoms with Crippen LogP contribution in [0, 0.1) is 0 Å². The molecule has 0 amide bonds. The molecule has 8 heteroatoms. The predicted molar refractivity (Wildman–Crippen MR) is 76.5 cm³/mol. The third kappa shape index (κ3) is 3.52. The molecule has 0 aliphatic carbocycles. The smallest absolute Gasteiger partial charge is 0.350 e. The quantitative estimate of drug-likeness (QED) is 0.503. The van der Waals surface area contributed by atoms with Crippen LogP contribution >= 0.6 is 15.9 Å². The number of esters is 2. The average molecular weight is 357 g/mol. The second-order valence-corrected chi connectivity index (χ2v) is 5.44. The number of hydrogen-bond acceptors (Lipinski definition) is 7. The molecule has 0 spiro atoms. The molecule has 0 atom stereocenters. The Morgan fingerprint density at radius 2 is 1.95 bits per heavy atom. The summed E-state index contributed by atoms with van der Waals surface area (Å²) in [6.45, 7) is 2.96. The molecule has 2 heterocycles. The molecule has 1 aromatic rings. The summed E-state index contributed by atoms with van der Waals surface area (Å²) in [5.41, 5.74) is -0.238. The highest BCUT2D eigenvalue weighted by molar-refractivity contribution is 9.10. The number of methoxy groups -OCH3 is 1. The number of pyridine rings is 1. The van der Waals surface area contributed by atoms with E-state index in [4.69, 9.17) is 14.2 Å². The van der Waals surface area contributed by atoms with Gasteiger partial charge in [-0.1, -0.05) is 0 Å². The zero-order valence-corrected chi connectivity index (χ0v) is 13.2. The molecule has 1 aliphatic rings. The summed E-state index contributed by atoms with van der Waals surface area (Å²) < 4.78 is 15.7. The zero-order valence-electron chi connectivity index (χ0n) is 11.6. The topological polar surface area (TPSA) is 86.8 Å². The maximum Gasteiger partial charge on any atom is 0.350 e. The van der Waals surface area contributed by atoms with Gasteiger partial charge < -0.3 is 19.5 Å². The fourth-order valence-corrected chi connectivity index (χ4v) is 1.96. The van der Waals surface area contributed by atoms with Gasteiger partial charge >= 0.3 is 11.9 Å². The van der Waals surface area contributed by atoms with Crippen molar-refractivity contribution in [2.75, 3.05) is 12.4 Å². The number of halogens is 1. The molecular weight excluding hydrogens is 344 g/mol. The van der Waals surface area contributed by atoms with Gasteiger partial charge in [0.2, 0.25) is 0 Å². The highest BCUT2D eigenvalue weighted by atomic mass is 79.9. The third-order valence-corrected chi connectivity index (χ3v) is 3.12. The van der Waals surface area contributed by atoms with Crippen molar-refractivity contribution in [3.63, 3.8) is 0 Å². The van der Waals surface area contributed by atoms with Gasteiger partial charge in [-0.3, -0.25) is 0 Å². The van der Waals surface area contributed by atoms with Crippen molar-refractivity contribution in [3.8, 4) is 5.75 Å². The van der Waals surface area contributed by atoms with E-state index in [1.165, 1.54) is 33.4 Å². The van der Waals surface area contributed by atoms with Crippen LogP contribution in [0.2, 0.25) is 0 Å². The molecule has 21 heavy (non-hydrogen) atoms. The lowest BCUT2D eigenvalue weighted by molar-refractivity contribution is -0.222. The van der Waals surface area contributed by atoms with E-state index in [-0.39, 0.29) is 5.57 Å². The van der Waals surface area contributed by atoms with E-state index in [0.717, 1.165) is 0 Å². The molecule has 0 saturated carbocycles. The van der Waals surface area contributed by atoms with Crippen LogP contribution in [0.1, 0.15) is 13.8 Å². The summed E-state index contributed by atoms with van der Waals surface area (Å²) in [6, 6.07) is 1.60. The third-order valence-electron chi connectivity index (χ3n) is 2.52. The molecule has 1 fully saturated rings. The number of cyclic esters (lactones) is 2. The van der Waals surface area contributed by atoms with E-state index in [2.05, 4.69) is 26.2 Å². The number of nitrogens with one attached hydrogen (secondary N) is 1. The van der Waals surface area contributed by atoms with Gasteiger partial charge in [0, 0.05) is 32.3 Å². The van der Waals surface area contributed by atoms with E-state index >= 15 is 0 Å². The number of carbonyl (C=O) groups excluding carboxylic acids is 2. The first-order valence-corrected chi connectivity index (χ1v) is 6.74. The van der Waals surface area contributed by atoms with Gasteiger partial charge in [0.05, 0.1) is 11.6 Å². The van der Waals surface area contributed by atoms with Crippen LogP contribution in [0.4, 0.5) is 5.82 Å². The molecule has 1 aromatic heterocycles. The van der Waals surface area contributed by atoms with Gasteiger partial charge in [-0.15, -0.1) is 0 Å². The Morgan fingerprint density at radius 3 is 2.52 bits per heavy atom. The van der Waals surface area contributed by atoms with Crippen LogP contribution in [-0.4, -0.2) is 29.8 Å². The Balaban J connectivity index is 2.17. The average Bonchev–Trinajstić information content (AvgIpc) is 2.38. The number of aromatic nitrogens is 1. The van der Waals surface area contributed by atoms with Crippen LogP contribution < -0.4 is 10.1 Å².